The Labute approximate surface area is 125 Å². The van der Waals surface area contributed by atoms with Gasteiger partial charge in [-0.15, -0.1) is 0 Å². The summed E-state index contributed by atoms with van der Waals surface area (Å²) >= 11 is 0. The van der Waals surface area contributed by atoms with Crippen molar-refractivity contribution < 1.29 is 9.59 Å². The first-order chi connectivity index (χ1) is 10.1. The number of rotatable bonds is 3. The molecule has 1 aromatic carbocycles. The van der Waals surface area contributed by atoms with Gasteiger partial charge in [-0.3, -0.25) is 9.59 Å². The van der Waals surface area contributed by atoms with Crippen LogP contribution in [0.1, 0.15) is 49.8 Å². The van der Waals surface area contributed by atoms with E-state index in [9.17, 15) is 9.59 Å². The second-order valence-corrected chi connectivity index (χ2v) is 6.12. The zero-order valence-electron chi connectivity index (χ0n) is 12.6. The zero-order valence-corrected chi connectivity index (χ0v) is 12.6. The molecule has 0 unspecified atom stereocenters. The topological polar surface area (TPSA) is 49.4 Å². The molecule has 2 aliphatic rings. The maximum atomic E-state index is 12.0. The van der Waals surface area contributed by atoms with Gasteiger partial charge in [-0.1, -0.05) is 31.2 Å². The highest BCUT2D eigenvalue weighted by molar-refractivity contribution is 5.77. The highest BCUT2D eigenvalue weighted by Gasteiger charge is 2.47. The average Bonchev–Trinajstić information content (AvgIpc) is 2.99. The van der Waals surface area contributed by atoms with Crippen molar-refractivity contribution in [3.05, 3.63) is 35.4 Å². The Bertz CT molecular complexity index is 570. The minimum Gasteiger partial charge on any atom is -0.349 e. The Morgan fingerprint density at radius 2 is 1.95 bits per heavy atom. The van der Waals surface area contributed by atoms with E-state index in [0.717, 1.165) is 19.5 Å². The fourth-order valence-electron chi connectivity index (χ4n) is 3.77. The minimum atomic E-state index is 0.0506. The molecular formula is C17H22N2O2. The maximum Gasteiger partial charge on any atom is 0.220 e. The third-order valence-corrected chi connectivity index (χ3v) is 4.76. The van der Waals surface area contributed by atoms with E-state index in [4.69, 9.17) is 0 Å². The highest BCUT2D eigenvalue weighted by atomic mass is 16.2. The summed E-state index contributed by atoms with van der Waals surface area (Å²) in [4.78, 5) is 25.6. The van der Waals surface area contributed by atoms with Crippen LogP contribution in [0.25, 0.3) is 0 Å². The van der Waals surface area contributed by atoms with Crippen LogP contribution < -0.4 is 5.32 Å². The van der Waals surface area contributed by atoms with Crippen LogP contribution in [0.5, 0.6) is 0 Å². The molecule has 1 heterocycles. The van der Waals surface area contributed by atoms with Crippen molar-refractivity contribution in [3.8, 4) is 0 Å². The van der Waals surface area contributed by atoms with Crippen molar-refractivity contribution >= 4 is 11.8 Å². The summed E-state index contributed by atoms with van der Waals surface area (Å²) in [6.45, 7) is 5.15. The molecule has 1 saturated heterocycles. The molecule has 1 N–H and O–H groups in total. The number of hydrogen-bond donors (Lipinski definition) is 1. The predicted octanol–water partition coefficient (Wildman–Crippen LogP) is 2.22. The standard InChI is InChI=1S/C17H22N2O2/c1-3-6-16(21)18-17-13-8-5-4-7-12(13)14-9-19(11(2)20)10-15(14)17/h4-5,7-8,14-15,17H,3,6,9-10H2,1-2H3,(H,18,21)/t14-,15-,17-/m0/s1. The molecule has 1 aliphatic heterocycles. The molecule has 4 heteroatoms. The molecule has 3 rings (SSSR count). The summed E-state index contributed by atoms with van der Waals surface area (Å²) in [7, 11) is 0. The molecule has 1 aliphatic carbocycles. The van der Waals surface area contributed by atoms with Crippen molar-refractivity contribution in [3.63, 3.8) is 0 Å². The summed E-state index contributed by atoms with van der Waals surface area (Å²) < 4.78 is 0. The summed E-state index contributed by atoms with van der Waals surface area (Å²) in [5, 5.41) is 3.19. The number of likely N-dealkylation sites (tertiary alicyclic amines) is 1. The van der Waals surface area contributed by atoms with Crippen LogP contribution >= 0.6 is 0 Å². The second kappa shape index (κ2) is 5.51. The maximum absolute atomic E-state index is 12.0. The van der Waals surface area contributed by atoms with Gasteiger partial charge < -0.3 is 10.2 Å². The monoisotopic (exact) mass is 286 g/mol. The zero-order chi connectivity index (χ0) is 15.0. The predicted molar refractivity (Wildman–Crippen MR) is 80.7 cm³/mol. The number of carbonyl (C=O) groups is 2. The minimum absolute atomic E-state index is 0.0506. The second-order valence-electron chi connectivity index (χ2n) is 6.12. The summed E-state index contributed by atoms with van der Waals surface area (Å²) in [5.41, 5.74) is 2.54. The van der Waals surface area contributed by atoms with Crippen LogP contribution in [0.4, 0.5) is 0 Å². The van der Waals surface area contributed by atoms with Gasteiger partial charge in [-0.2, -0.15) is 0 Å². The Kier molecular flexibility index (Phi) is 3.70. The normalized spacial score (nSPS) is 26.4. The van der Waals surface area contributed by atoms with Crippen molar-refractivity contribution in [1.29, 1.82) is 0 Å². The molecular weight excluding hydrogens is 264 g/mol. The molecule has 21 heavy (non-hydrogen) atoms. The van der Waals surface area contributed by atoms with Crippen molar-refractivity contribution in [2.45, 2.75) is 38.6 Å². The number of nitrogens with one attached hydrogen (secondary N) is 1. The Balaban J connectivity index is 1.88. The van der Waals surface area contributed by atoms with Gasteiger partial charge in [0.05, 0.1) is 6.04 Å². The van der Waals surface area contributed by atoms with Crippen molar-refractivity contribution in [2.24, 2.45) is 5.92 Å². The fraction of sp³-hybridized carbons (Fsp3) is 0.529. The van der Waals surface area contributed by atoms with Gasteiger partial charge in [0.2, 0.25) is 11.8 Å². The number of nitrogens with zero attached hydrogens (tertiary/aromatic N) is 1. The Morgan fingerprint density at radius 3 is 2.62 bits per heavy atom. The molecule has 1 fully saturated rings. The molecule has 0 aromatic heterocycles. The lowest BCUT2D eigenvalue weighted by Gasteiger charge is -2.22. The number of amides is 2. The third kappa shape index (κ3) is 2.43. The van der Waals surface area contributed by atoms with Gasteiger partial charge in [0.1, 0.15) is 0 Å². The summed E-state index contributed by atoms with van der Waals surface area (Å²) in [6.07, 6.45) is 1.42. The van der Waals surface area contributed by atoms with Crippen molar-refractivity contribution in [1.82, 2.24) is 10.2 Å². The average molecular weight is 286 g/mol. The third-order valence-electron chi connectivity index (χ3n) is 4.76. The van der Waals surface area contributed by atoms with Crippen LogP contribution in [0.2, 0.25) is 0 Å². The molecule has 0 bridgehead atoms. The van der Waals surface area contributed by atoms with Crippen LogP contribution in [0.3, 0.4) is 0 Å². The van der Waals surface area contributed by atoms with Crippen LogP contribution in [-0.4, -0.2) is 29.8 Å². The van der Waals surface area contributed by atoms with Gasteiger partial charge in [0.25, 0.3) is 0 Å². The van der Waals surface area contributed by atoms with Crippen LogP contribution in [-0.2, 0) is 9.59 Å². The quantitative estimate of drug-likeness (QED) is 0.926. The largest absolute Gasteiger partial charge is 0.349 e. The first-order valence-electron chi connectivity index (χ1n) is 7.75. The molecule has 0 radical (unpaired) electrons. The van der Waals surface area contributed by atoms with E-state index >= 15 is 0 Å². The van der Waals surface area contributed by atoms with Crippen LogP contribution in [0.15, 0.2) is 24.3 Å². The summed E-state index contributed by atoms with van der Waals surface area (Å²) in [6, 6.07) is 8.38. The highest BCUT2D eigenvalue weighted by Crippen LogP contribution is 2.49. The van der Waals surface area contributed by atoms with E-state index in [1.54, 1.807) is 6.92 Å². The lowest BCUT2D eigenvalue weighted by molar-refractivity contribution is -0.128. The molecule has 2 amide bonds. The number of hydrogen-bond acceptors (Lipinski definition) is 2. The SMILES string of the molecule is CCCC(=O)N[C@H]1c2ccccc2[C@@H]2CN(C(C)=O)C[C@@H]21. The smallest absolute Gasteiger partial charge is 0.220 e. The fourth-order valence-corrected chi connectivity index (χ4v) is 3.77. The first-order valence-corrected chi connectivity index (χ1v) is 7.75. The van der Waals surface area contributed by atoms with Gasteiger partial charge in [-0.05, 0) is 17.5 Å². The van der Waals surface area contributed by atoms with Gasteiger partial charge in [-0.25, -0.2) is 0 Å². The van der Waals surface area contributed by atoms with Gasteiger partial charge >= 0.3 is 0 Å². The van der Waals surface area contributed by atoms with E-state index in [2.05, 4.69) is 17.4 Å². The lowest BCUT2D eigenvalue weighted by Crippen LogP contribution is -2.34. The molecule has 4 nitrogen and oxygen atoms in total. The van der Waals surface area contributed by atoms with E-state index in [0.29, 0.717) is 18.3 Å². The molecule has 3 atom stereocenters. The Morgan fingerprint density at radius 1 is 1.24 bits per heavy atom. The van der Waals surface area contributed by atoms with E-state index in [-0.39, 0.29) is 17.9 Å². The molecule has 0 saturated carbocycles. The van der Waals surface area contributed by atoms with Crippen molar-refractivity contribution in [2.75, 3.05) is 13.1 Å². The number of carbonyl (C=O) groups excluding carboxylic acids is 2. The Hall–Kier alpha value is -1.84. The molecule has 0 spiro atoms. The molecule has 112 valence electrons. The molecule has 1 aromatic rings. The van der Waals surface area contributed by atoms with E-state index in [1.165, 1.54) is 11.1 Å². The van der Waals surface area contributed by atoms with E-state index < -0.39 is 0 Å². The summed E-state index contributed by atoms with van der Waals surface area (Å²) in [5.74, 6) is 0.906. The van der Waals surface area contributed by atoms with Gasteiger partial charge in [0, 0.05) is 38.3 Å². The van der Waals surface area contributed by atoms with E-state index in [1.807, 2.05) is 24.0 Å². The number of fused-ring (bicyclic) bond motifs is 3. The number of benzene rings is 1. The van der Waals surface area contributed by atoms with Crippen LogP contribution in [0, 0.1) is 5.92 Å². The lowest BCUT2D eigenvalue weighted by atomic mass is 9.94. The first kappa shape index (κ1) is 14.1. The van der Waals surface area contributed by atoms with Gasteiger partial charge in [0.15, 0.2) is 0 Å².